The number of hydrogen-bond acceptors (Lipinski definition) is 7. The van der Waals surface area contributed by atoms with Crippen LogP contribution in [-0.4, -0.2) is 35.8 Å². The van der Waals surface area contributed by atoms with Crippen molar-refractivity contribution < 1.29 is 14.7 Å². The normalized spacial score (nSPS) is 10.7. The molecule has 0 amide bonds. The lowest BCUT2D eigenvalue weighted by Gasteiger charge is -1.97. The second-order valence-corrected chi connectivity index (χ2v) is 3.52. The molecule has 0 saturated carbocycles. The number of aromatic nitrogens is 5. The Labute approximate surface area is 99.9 Å². The lowest BCUT2D eigenvalue weighted by atomic mass is 10.2. The molecule has 0 aliphatic carbocycles. The van der Waals surface area contributed by atoms with E-state index in [4.69, 9.17) is 4.52 Å². The second-order valence-electron chi connectivity index (χ2n) is 3.52. The van der Waals surface area contributed by atoms with Crippen molar-refractivity contribution >= 4 is 0 Å². The molecule has 3 rings (SSSR count). The molecule has 0 spiro atoms. The van der Waals surface area contributed by atoms with Crippen molar-refractivity contribution in [1.82, 2.24) is 25.6 Å². The van der Waals surface area contributed by atoms with Gasteiger partial charge in [-0.15, -0.1) is 0 Å². The van der Waals surface area contributed by atoms with E-state index in [0.29, 0.717) is 11.3 Å². The lowest BCUT2D eigenvalue weighted by molar-refractivity contribution is 0.428. The van der Waals surface area contributed by atoms with Crippen LogP contribution in [0.5, 0.6) is 11.5 Å². The molecule has 2 heterocycles. The first-order valence-corrected chi connectivity index (χ1v) is 4.95. The van der Waals surface area contributed by atoms with Gasteiger partial charge in [-0.1, -0.05) is 5.16 Å². The first kappa shape index (κ1) is 10.3. The molecule has 8 nitrogen and oxygen atoms in total. The van der Waals surface area contributed by atoms with Gasteiger partial charge in [-0.2, -0.15) is 20.4 Å². The number of rotatable bonds is 2. The highest BCUT2D eigenvalue weighted by molar-refractivity contribution is 5.60. The molecule has 0 aliphatic rings. The molecule has 3 aromatic rings. The van der Waals surface area contributed by atoms with Crippen molar-refractivity contribution in [3.63, 3.8) is 0 Å². The van der Waals surface area contributed by atoms with Crippen molar-refractivity contribution in [3.05, 3.63) is 24.4 Å². The third kappa shape index (κ3) is 1.75. The minimum absolute atomic E-state index is 0.0915. The van der Waals surface area contributed by atoms with Gasteiger partial charge in [-0.05, 0) is 12.1 Å². The molecule has 3 N–H and O–H groups in total. The maximum absolute atomic E-state index is 9.37. The van der Waals surface area contributed by atoms with Gasteiger partial charge < -0.3 is 14.7 Å². The highest BCUT2D eigenvalue weighted by Gasteiger charge is 2.13. The standard InChI is InChI=1S/C10H7N5O3/c16-6-1-5(2-7(17)3-6)10-12-9(14-18-10)8-4-11-15-13-8/h1-4,16-17H,(H,11,13,15). The maximum Gasteiger partial charge on any atom is 0.258 e. The Hall–Kier alpha value is -2.90. The van der Waals surface area contributed by atoms with Crippen molar-refractivity contribution in [3.8, 4) is 34.5 Å². The van der Waals surface area contributed by atoms with Crippen molar-refractivity contribution in [2.24, 2.45) is 0 Å². The molecule has 0 bridgehead atoms. The van der Waals surface area contributed by atoms with Gasteiger partial charge in [0.15, 0.2) is 5.69 Å². The monoisotopic (exact) mass is 245 g/mol. The number of benzene rings is 1. The van der Waals surface area contributed by atoms with Crippen LogP contribution in [0.25, 0.3) is 23.0 Å². The average Bonchev–Trinajstić information content (AvgIpc) is 2.99. The van der Waals surface area contributed by atoms with Crippen LogP contribution in [0.15, 0.2) is 28.9 Å². The Balaban J connectivity index is 2.03. The van der Waals surface area contributed by atoms with Crippen LogP contribution < -0.4 is 0 Å². The van der Waals surface area contributed by atoms with Crippen LogP contribution >= 0.6 is 0 Å². The highest BCUT2D eigenvalue weighted by atomic mass is 16.5. The number of hydrogen-bond donors (Lipinski definition) is 3. The Bertz CT molecular complexity index is 656. The van der Waals surface area contributed by atoms with Crippen molar-refractivity contribution in [1.29, 1.82) is 0 Å². The third-order valence-corrected chi connectivity index (χ3v) is 2.22. The summed E-state index contributed by atoms with van der Waals surface area (Å²) in [5.41, 5.74) is 0.851. The molecule has 0 aliphatic heterocycles. The SMILES string of the molecule is Oc1cc(O)cc(-c2nc(-c3cn[nH]n3)no2)c1. The lowest BCUT2D eigenvalue weighted by Crippen LogP contribution is -1.81. The predicted octanol–water partition coefficient (Wildman–Crippen LogP) is 0.933. The van der Waals surface area contributed by atoms with Gasteiger partial charge >= 0.3 is 0 Å². The quantitative estimate of drug-likeness (QED) is 0.614. The van der Waals surface area contributed by atoms with E-state index in [2.05, 4.69) is 25.6 Å². The minimum atomic E-state index is -0.0915. The number of aromatic hydroxyl groups is 2. The molecular weight excluding hydrogens is 238 g/mol. The third-order valence-electron chi connectivity index (χ3n) is 2.22. The number of H-pyrrole nitrogens is 1. The van der Waals surface area contributed by atoms with Crippen molar-refractivity contribution in [2.75, 3.05) is 0 Å². The summed E-state index contributed by atoms with van der Waals surface area (Å²) in [7, 11) is 0. The molecule has 0 saturated heterocycles. The van der Waals surface area contributed by atoms with Gasteiger partial charge in [0.1, 0.15) is 11.5 Å². The minimum Gasteiger partial charge on any atom is -0.508 e. The Morgan fingerprint density at radius 2 is 1.89 bits per heavy atom. The predicted molar refractivity (Wildman–Crippen MR) is 58.4 cm³/mol. The molecule has 0 radical (unpaired) electrons. The molecule has 8 heteroatoms. The zero-order valence-electron chi connectivity index (χ0n) is 8.90. The van der Waals surface area contributed by atoms with E-state index in [1.807, 2.05) is 0 Å². The molecule has 0 atom stereocenters. The summed E-state index contributed by atoms with van der Waals surface area (Å²) in [6.45, 7) is 0. The van der Waals surface area contributed by atoms with Crippen LogP contribution in [-0.2, 0) is 0 Å². The van der Waals surface area contributed by atoms with Gasteiger partial charge in [0.2, 0.25) is 5.82 Å². The van der Waals surface area contributed by atoms with E-state index in [1.54, 1.807) is 0 Å². The largest absolute Gasteiger partial charge is 0.508 e. The van der Waals surface area contributed by atoms with E-state index < -0.39 is 0 Å². The zero-order valence-corrected chi connectivity index (χ0v) is 8.90. The summed E-state index contributed by atoms with van der Waals surface area (Å²) in [4.78, 5) is 4.08. The van der Waals surface area contributed by atoms with Gasteiger partial charge in [0.25, 0.3) is 5.89 Å². The van der Waals surface area contributed by atoms with Gasteiger partial charge in [-0.25, -0.2) is 0 Å². The van der Waals surface area contributed by atoms with Gasteiger partial charge in [0.05, 0.1) is 6.20 Å². The summed E-state index contributed by atoms with van der Waals surface area (Å²) in [5, 5.41) is 32.3. The number of phenols is 2. The van der Waals surface area contributed by atoms with Crippen LogP contribution in [0.4, 0.5) is 0 Å². The number of aromatic amines is 1. The Morgan fingerprint density at radius 3 is 2.56 bits per heavy atom. The topological polar surface area (TPSA) is 121 Å². The highest BCUT2D eigenvalue weighted by Crippen LogP contribution is 2.28. The fourth-order valence-corrected chi connectivity index (χ4v) is 1.47. The van der Waals surface area contributed by atoms with E-state index in [-0.39, 0.29) is 23.2 Å². The number of nitrogens with one attached hydrogen (secondary N) is 1. The fourth-order valence-electron chi connectivity index (χ4n) is 1.47. The van der Waals surface area contributed by atoms with Crippen molar-refractivity contribution in [2.45, 2.75) is 0 Å². The second kappa shape index (κ2) is 3.84. The van der Waals surface area contributed by atoms with Gasteiger partial charge in [0, 0.05) is 11.6 Å². The molecular formula is C10H7N5O3. The smallest absolute Gasteiger partial charge is 0.258 e. The van der Waals surface area contributed by atoms with Crippen LogP contribution in [0, 0.1) is 0 Å². The van der Waals surface area contributed by atoms with E-state index in [0.717, 1.165) is 0 Å². The van der Waals surface area contributed by atoms with Crippen LogP contribution in [0.3, 0.4) is 0 Å². The van der Waals surface area contributed by atoms with E-state index in [9.17, 15) is 10.2 Å². The van der Waals surface area contributed by atoms with E-state index in [1.165, 1.54) is 24.4 Å². The average molecular weight is 245 g/mol. The van der Waals surface area contributed by atoms with E-state index >= 15 is 0 Å². The summed E-state index contributed by atoms with van der Waals surface area (Å²) >= 11 is 0. The van der Waals surface area contributed by atoms with Crippen LogP contribution in [0.2, 0.25) is 0 Å². The first-order valence-electron chi connectivity index (χ1n) is 4.95. The first-order chi connectivity index (χ1) is 8.72. The summed E-state index contributed by atoms with van der Waals surface area (Å²) in [5.74, 6) is 0.248. The van der Waals surface area contributed by atoms with Gasteiger partial charge in [-0.3, -0.25) is 0 Å². The molecule has 90 valence electrons. The molecule has 0 fully saturated rings. The molecule has 18 heavy (non-hydrogen) atoms. The fraction of sp³-hybridized carbons (Fsp3) is 0. The Kier molecular flexibility index (Phi) is 2.19. The zero-order chi connectivity index (χ0) is 12.5. The summed E-state index contributed by atoms with van der Waals surface area (Å²) < 4.78 is 5.02. The summed E-state index contributed by atoms with van der Waals surface area (Å²) in [6.07, 6.45) is 1.45. The molecule has 1 aromatic carbocycles. The summed E-state index contributed by atoms with van der Waals surface area (Å²) in [6, 6.07) is 4.01. The molecule has 2 aromatic heterocycles. The Morgan fingerprint density at radius 1 is 1.11 bits per heavy atom. The van der Waals surface area contributed by atoms with Crippen LogP contribution in [0.1, 0.15) is 0 Å². The number of phenolic OH excluding ortho intramolecular Hbond substituents is 2. The number of nitrogens with zero attached hydrogens (tertiary/aromatic N) is 4. The maximum atomic E-state index is 9.37. The molecule has 0 unspecified atom stereocenters.